The number of nitrogens with one attached hydrogen (secondary N) is 1. The Kier molecular flexibility index (Phi) is 6.59. The molecule has 1 amide bonds. The summed E-state index contributed by atoms with van der Waals surface area (Å²) in [6.07, 6.45) is 3.60. The smallest absolute Gasteiger partial charge is 0.251 e. The first-order valence-corrected chi connectivity index (χ1v) is 11.4. The molecule has 4 rings (SSSR count). The van der Waals surface area contributed by atoms with Crippen molar-refractivity contribution in [3.63, 3.8) is 0 Å². The molecule has 0 aliphatic heterocycles. The second-order valence-electron chi connectivity index (χ2n) is 7.59. The molecule has 2 heterocycles. The molecule has 158 valence electrons. The largest absolute Gasteiger partial charge is 0.350 e. The Bertz CT molecular complexity index is 1200. The van der Waals surface area contributed by atoms with Crippen molar-refractivity contribution in [3.8, 4) is 0 Å². The summed E-state index contributed by atoms with van der Waals surface area (Å²) in [4.78, 5) is 21.3. The van der Waals surface area contributed by atoms with Gasteiger partial charge in [-0.15, -0.1) is 0 Å². The van der Waals surface area contributed by atoms with Crippen LogP contribution in [0.3, 0.4) is 0 Å². The number of hydrogen-bond donors (Lipinski definition) is 1. The van der Waals surface area contributed by atoms with Crippen molar-refractivity contribution >= 4 is 40.3 Å². The monoisotopic (exact) mass is 450 g/mol. The molecular formula is C24H23ClN4OS. The molecule has 0 fully saturated rings. The number of aromatic nitrogens is 3. The van der Waals surface area contributed by atoms with E-state index < -0.39 is 0 Å². The van der Waals surface area contributed by atoms with Gasteiger partial charge in [-0.25, -0.2) is 4.98 Å². The van der Waals surface area contributed by atoms with Crippen LogP contribution in [-0.4, -0.2) is 26.5 Å². The van der Waals surface area contributed by atoms with E-state index in [0.717, 1.165) is 38.1 Å². The lowest BCUT2D eigenvalue weighted by atomic mass is 10.1. The van der Waals surface area contributed by atoms with E-state index in [-0.39, 0.29) is 11.9 Å². The lowest BCUT2D eigenvalue weighted by Gasteiger charge is -2.11. The number of carbonyl (C=O) groups is 1. The van der Waals surface area contributed by atoms with Crippen LogP contribution >= 0.6 is 23.4 Å². The van der Waals surface area contributed by atoms with E-state index in [1.54, 1.807) is 18.0 Å². The molecule has 31 heavy (non-hydrogen) atoms. The zero-order valence-corrected chi connectivity index (χ0v) is 19.0. The molecule has 0 aliphatic carbocycles. The summed E-state index contributed by atoms with van der Waals surface area (Å²) >= 11 is 7.80. The number of thioether (sulfide) groups is 1. The Balaban J connectivity index is 1.57. The molecule has 0 bridgehead atoms. The average Bonchev–Trinajstić information content (AvgIpc) is 3.10. The lowest BCUT2D eigenvalue weighted by Crippen LogP contribution is -2.29. The summed E-state index contributed by atoms with van der Waals surface area (Å²) in [5, 5.41) is 4.57. The van der Waals surface area contributed by atoms with E-state index in [0.29, 0.717) is 12.1 Å². The van der Waals surface area contributed by atoms with Crippen LogP contribution in [0.1, 0.15) is 35.3 Å². The third-order valence-electron chi connectivity index (χ3n) is 4.75. The summed E-state index contributed by atoms with van der Waals surface area (Å²) in [5.41, 5.74) is 4.79. The Morgan fingerprint density at radius 1 is 1.13 bits per heavy atom. The molecule has 2 aromatic heterocycles. The fraction of sp³-hybridized carbons (Fsp3) is 0.208. The van der Waals surface area contributed by atoms with Crippen molar-refractivity contribution in [2.24, 2.45) is 0 Å². The highest BCUT2D eigenvalue weighted by Gasteiger charge is 2.13. The molecule has 4 aromatic rings. The second-order valence-corrected chi connectivity index (χ2v) is 8.97. The Morgan fingerprint density at radius 3 is 2.68 bits per heavy atom. The van der Waals surface area contributed by atoms with Crippen LogP contribution in [0.4, 0.5) is 0 Å². The second kappa shape index (κ2) is 9.54. The number of hydrogen-bond acceptors (Lipinski definition) is 4. The molecule has 0 unspecified atom stereocenters. The van der Waals surface area contributed by atoms with E-state index in [1.807, 2.05) is 68.6 Å². The third-order valence-corrected chi connectivity index (χ3v) is 6.03. The maximum Gasteiger partial charge on any atom is 0.251 e. The van der Waals surface area contributed by atoms with Gasteiger partial charge in [-0.2, -0.15) is 0 Å². The SMILES string of the molecule is CC(C)NC(=O)c1ccc(Cn2c(SCc3cccc(Cl)c3)nc3ccncc32)cc1. The molecule has 2 aromatic carbocycles. The molecule has 0 saturated carbocycles. The number of carbonyl (C=O) groups excluding carboxylic acids is 1. The summed E-state index contributed by atoms with van der Waals surface area (Å²) in [6, 6.07) is 17.6. The third kappa shape index (κ3) is 5.27. The van der Waals surface area contributed by atoms with Gasteiger partial charge in [0.25, 0.3) is 5.91 Å². The zero-order valence-electron chi connectivity index (χ0n) is 17.4. The minimum atomic E-state index is -0.0587. The van der Waals surface area contributed by atoms with E-state index in [4.69, 9.17) is 16.6 Å². The van der Waals surface area contributed by atoms with Crippen LogP contribution in [0, 0.1) is 0 Å². The molecule has 0 spiro atoms. The highest BCUT2D eigenvalue weighted by atomic mass is 35.5. The van der Waals surface area contributed by atoms with Gasteiger partial charge >= 0.3 is 0 Å². The normalized spacial score (nSPS) is 11.2. The van der Waals surface area contributed by atoms with Gasteiger partial charge in [-0.05, 0) is 55.3 Å². The van der Waals surface area contributed by atoms with Gasteiger partial charge < -0.3 is 9.88 Å². The number of rotatable bonds is 7. The first-order valence-electron chi connectivity index (χ1n) is 10.1. The van der Waals surface area contributed by atoms with Crippen molar-refractivity contribution in [1.29, 1.82) is 0 Å². The molecule has 0 atom stereocenters. The topological polar surface area (TPSA) is 59.8 Å². The molecule has 0 saturated heterocycles. The Hall–Kier alpha value is -2.83. The molecule has 0 aliphatic rings. The van der Waals surface area contributed by atoms with Crippen molar-refractivity contribution in [1.82, 2.24) is 19.9 Å². The predicted molar refractivity (Wildman–Crippen MR) is 127 cm³/mol. The maximum absolute atomic E-state index is 12.2. The van der Waals surface area contributed by atoms with Crippen LogP contribution in [0.15, 0.2) is 72.1 Å². The lowest BCUT2D eigenvalue weighted by molar-refractivity contribution is 0.0943. The molecule has 5 nitrogen and oxygen atoms in total. The van der Waals surface area contributed by atoms with Gasteiger partial charge in [-0.3, -0.25) is 9.78 Å². The quantitative estimate of drug-likeness (QED) is 0.374. The fourth-order valence-corrected chi connectivity index (χ4v) is 4.44. The predicted octanol–water partition coefficient (Wildman–Crippen LogP) is 5.56. The molecular weight excluding hydrogens is 428 g/mol. The first-order chi connectivity index (χ1) is 15.0. The average molecular weight is 451 g/mol. The van der Waals surface area contributed by atoms with Gasteiger partial charge in [0.05, 0.1) is 23.8 Å². The fourth-order valence-electron chi connectivity index (χ4n) is 3.27. The standard InChI is InChI=1S/C24H23ClN4OS/c1-16(2)27-23(30)19-8-6-17(7-9-19)14-29-22-13-26-11-10-21(22)28-24(29)31-15-18-4-3-5-20(25)12-18/h3-13,16H,14-15H2,1-2H3,(H,27,30). The van der Waals surface area contributed by atoms with Gasteiger partial charge in [0.15, 0.2) is 5.16 Å². The van der Waals surface area contributed by atoms with E-state index >= 15 is 0 Å². The van der Waals surface area contributed by atoms with E-state index in [1.165, 1.54) is 0 Å². The number of pyridine rings is 1. The van der Waals surface area contributed by atoms with Crippen LogP contribution in [0.25, 0.3) is 11.0 Å². The highest BCUT2D eigenvalue weighted by Crippen LogP contribution is 2.28. The van der Waals surface area contributed by atoms with Gasteiger partial charge in [0.1, 0.15) is 0 Å². The molecule has 0 radical (unpaired) electrons. The minimum Gasteiger partial charge on any atom is -0.350 e. The van der Waals surface area contributed by atoms with E-state index in [9.17, 15) is 4.79 Å². The van der Waals surface area contributed by atoms with Crippen molar-refractivity contribution in [2.45, 2.75) is 37.3 Å². The van der Waals surface area contributed by atoms with Crippen LogP contribution in [0.5, 0.6) is 0 Å². The first kappa shape index (κ1) is 21.4. The Morgan fingerprint density at radius 2 is 1.94 bits per heavy atom. The number of nitrogens with zero attached hydrogens (tertiary/aromatic N) is 3. The summed E-state index contributed by atoms with van der Waals surface area (Å²) in [5.74, 6) is 0.711. The zero-order chi connectivity index (χ0) is 21.8. The van der Waals surface area contributed by atoms with E-state index in [2.05, 4.69) is 20.9 Å². The number of halogens is 1. The maximum atomic E-state index is 12.2. The summed E-state index contributed by atoms with van der Waals surface area (Å²) in [6.45, 7) is 4.55. The van der Waals surface area contributed by atoms with Crippen LogP contribution < -0.4 is 5.32 Å². The van der Waals surface area contributed by atoms with Gasteiger partial charge in [0.2, 0.25) is 0 Å². The number of amides is 1. The number of imidazole rings is 1. The number of fused-ring (bicyclic) bond motifs is 1. The van der Waals surface area contributed by atoms with Crippen LogP contribution in [0.2, 0.25) is 5.02 Å². The molecule has 1 N–H and O–H groups in total. The van der Waals surface area contributed by atoms with Crippen LogP contribution in [-0.2, 0) is 12.3 Å². The van der Waals surface area contributed by atoms with Gasteiger partial charge in [0, 0.05) is 28.6 Å². The summed E-state index contributed by atoms with van der Waals surface area (Å²) < 4.78 is 2.17. The van der Waals surface area contributed by atoms with Crippen molar-refractivity contribution in [2.75, 3.05) is 0 Å². The minimum absolute atomic E-state index is 0.0587. The van der Waals surface area contributed by atoms with Gasteiger partial charge in [-0.1, -0.05) is 47.6 Å². The molecule has 7 heteroatoms. The van der Waals surface area contributed by atoms with Crippen molar-refractivity contribution in [3.05, 3.63) is 88.7 Å². The highest BCUT2D eigenvalue weighted by molar-refractivity contribution is 7.98. The van der Waals surface area contributed by atoms with Crippen molar-refractivity contribution < 1.29 is 4.79 Å². The number of benzene rings is 2. The Labute approximate surface area is 190 Å². The summed E-state index contributed by atoms with van der Waals surface area (Å²) in [7, 11) is 0.